The molecule has 132 valence electrons. The summed E-state index contributed by atoms with van der Waals surface area (Å²) >= 11 is 1.52. The predicted octanol–water partition coefficient (Wildman–Crippen LogP) is 1.95. The molecule has 0 saturated carbocycles. The van der Waals surface area contributed by atoms with E-state index >= 15 is 0 Å². The van der Waals surface area contributed by atoms with E-state index in [-0.39, 0.29) is 12.5 Å². The van der Waals surface area contributed by atoms with Crippen molar-refractivity contribution < 1.29 is 9.90 Å². The molecule has 0 spiro atoms. The summed E-state index contributed by atoms with van der Waals surface area (Å²) in [5, 5.41) is 11.0. The van der Waals surface area contributed by atoms with Gasteiger partial charge in [0.15, 0.2) is 0 Å². The van der Waals surface area contributed by atoms with Gasteiger partial charge in [-0.15, -0.1) is 11.3 Å². The van der Waals surface area contributed by atoms with Crippen molar-refractivity contribution in [2.24, 2.45) is 0 Å². The van der Waals surface area contributed by atoms with Gasteiger partial charge in [-0.2, -0.15) is 0 Å². The fourth-order valence-electron chi connectivity index (χ4n) is 2.73. The summed E-state index contributed by atoms with van der Waals surface area (Å²) in [6, 6.07) is 3.92. The van der Waals surface area contributed by atoms with E-state index in [0.29, 0.717) is 13.1 Å². The SMILES string of the molecule is CCc1cc(N2CCN(C(=O)/C=C/c3cc(CO)cs3)CC2)ncn1. The Hall–Kier alpha value is -2.25. The van der Waals surface area contributed by atoms with Gasteiger partial charge in [-0.05, 0) is 29.5 Å². The molecule has 1 aliphatic heterocycles. The van der Waals surface area contributed by atoms with Crippen molar-refractivity contribution in [3.63, 3.8) is 0 Å². The second-order valence-electron chi connectivity index (χ2n) is 5.88. The van der Waals surface area contributed by atoms with Crippen molar-refractivity contribution in [1.29, 1.82) is 0 Å². The van der Waals surface area contributed by atoms with Gasteiger partial charge in [-0.3, -0.25) is 4.79 Å². The fraction of sp³-hybridized carbons (Fsp3) is 0.389. The summed E-state index contributed by atoms with van der Waals surface area (Å²) in [5.41, 5.74) is 1.91. The average molecular weight is 358 g/mol. The van der Waals surface area contributed by atoms with Gasteiger partial charge in [0.25, 0.3) is 0 Å². The highest BCUT2D eigenvalue weighted by Gasteiger charge is 2.20. The number of rotatable bonds is 5. The summed E-state index contributed by atoms with van der Waals surface area (Å²) in [7, 11) is 0. The quantitative estimate of drug-likeness (QED) is 0.828. The first kappa shape index (κ1) is 17.6. The Kier molecular flexibility index (Phi) is 5.78. The highest BCUT2D eigenvalue weighted by Crippen LogP contribution is 2.17. The van der Waals surface area contributed by atoms with E-state index in [0.717, 1.165) is 41.5 Å². The van der Waals surface area contributed by atoms with Gasteiger partial charge < -0.3 is 14.9 Å². The zero-order chi connectivity index (χ0) is 17.6. The molecule has 1 amide bonds. The number of carbonyl (C=O) groups excluding carboxylic acids is 1. The third-order valence-electron chi connectivity index (χ3n) is 4.23. The number of aromatic nitrogens is 2. The fourth-order valence-corrected chi connectivity index (χ4v) is 3.53. The van der Waals surface area contributed by atoms with Crippen LogP contribution in [-0.2, 0) is 17.8 Å². The Bertz CT molecular complexity index is 751. The lowest BCUT2D eigenvalue weighted by Gasteiger charge is -2.35. The van der Waals surface area contributed by atoms with Gasteiger partial charge in [-0.1, -0.05) is 6.92 Å². The Balaban J connectivity index is 1.55. The van der Waals surface area contributed by atoms with Gasteiger partial charge in [0, 0.05) is 48.9 Å². The van der Waals surface area contributed by atoms with Crippen LogP contribution in [0.1, 0.15) is 23.1 Å². The van der Waals surface area contributed by atoms with Crippen LogP contribution < -0.4 is 4.90 Å². The van der Waals surface area contributed by atoms with Crippen LogP contribution in [0.4, 0.5) is 5.82 Å². The van der Waals surface area contributed by atoms with Crippen LogP contribution in [0.5, 0.6) is 0 Å². The molecule has 1 saturated heterocycles. The second-order valence-corrected chi connectivity index (χ2v) is 6.83. The first-order chi connectivity index (χ1) is 12.2. The average Bonchev–Trinajstić information content (AvgIpc) is 3.14. The maximum absolute atomic E-state index is 12.3. The van der Waals surface area contributed by atoms with Gasteiger partial charge in [0.2, 0.25) is 5.91 Å². The molecule has 0 unspecified atom stereocenters. The monoisotopic (exact) mass is 358 g/mol. The predicted molar refractivity (Wildman–Crippen MR) is 99.5 cm³/mol. The van der Waals surface area contributed by atoms with Gasteiger partial charge >= 0.3 is 0 Å². The molecule has 1 aliphatic rings. The number of anilines is 1. The Morgan fingerprint density at radius 2 is 2.08 bits per heavy atom. The van der Waals surface area contributed by atoms with Crippen LogP contribution in [0.3, 0.4) is 0 Å². The topological polar surface area (TPSA) is 69.6 Å². The molecule has 0 aromatic carbocycles. The first-order valence-electron chi connectivity index (χ1n) is 8.40. The van der Waals surface area contributed by atoms with Crippen LogP contribution in [0, 0.1) is 0 Å². The van der Waals surface area contributed by atoms with Crippen molar-refractivity contribution >= 4 is 29.1 Å². The van der Waals surface area contributed by atoms with E-state index in [1.54, 1.807) is 12.4 Å². The van der Waals surface area contributed by atoms with Gasteiger partial charge in [0.05, 0.1) is 6.61 Å². The van der Waals surface area contributed by atoms with Crippen LogP contribution in [0.25, 0.3) is 6.08 Å². The molecule has 1 N–H and O–H groups in total. The molecule has 2 aromatic heterocycles. The van der Waals surface area contributed by atoms with E-state index < -0.39 is 0 Å². The third kappa shape index (κ3) is 4.43. The van der Waals surface area contributed by atoms with Gasteiger partial charge in [0.1, 0.15) is 12.1 Å². The van der Waals surface area contributed by atoms with Crippen molar-refractivity contribution in [2.45, 2.75) is 20.0 Å². The van der Waals surface area contributed by atoms with E-state index in [9.17, 15) is 4.79 Å². The van der Waals surface area contributed by atoms with Crippen LogP contribution in [0.2, 0.25) is 0 Å². The lowest BCUT2D eigenvalue weighted by Crippen LogP contribution is -2.48. The number of aryl methyl sites for hydroxylation is 1. The largest absolute Gasteiger partial charge is 0.392 e. The molecule has 7 heteroatoms. The van der Waals surface area contributed by atoms with Crippen LogP contribution >= 0.6 is 11.3 Å². The van der Waals surface area contributed by atoms with E-state index in [1.807, 2.05) is 28.5 Å². The molecular formula is C18H22N4O2S. The summed E-state index contributed by atoms with van der Waals surface area (Å²) in [4.78, 5) is 25.9. The van der Waals surface area contributed by atoms with Crippen LogP contribution in [0.15, 0.2) is 29.9 Å². The van der Waals surface area contributed by atoms with Crippen LogP contribution in [-0.4, -0.2) is 52.1 Å². The standard InChI is InChI=1S/C18H22N4O2S/c1-2-15-10-17(20-13-19-15)21-5-7-22(8-6-21)18(24)4-3-16-9-14(11-23)12-25-16/h3-4,9-10,12-13,23H,2,5-8,11H2,1H3/b4-3+. The molecule has 3 heterocycles. The van der Waals surface area contributed by atoms with Crippen molar-refractivity contribution in [3.05, 3.63) is 46.1 Å². The minimum absolute atomic E-state index is 0.0236. The van der Waals surface area contributed by atoms with Crippen molar-refractivity contribution in [1.82, 2.24) is 14.9 Å². The minimum atomic E-state index is 0.0236. The van der Waals surface area contributed by atoms with E-state index in [1.165, 1.54) is 11.3 Å². The summed E-state index contributed by atoms with van der Waals surface area (Å²) in [6.07, 6.45) is 5.93. The molecule has 25 heavy (non-hydrogen) atoms. The number of hydrogen-bond donors (Lipinski definition) is 1. The first-order valence-corrected chi connectivity index (χ1v) is 9.28. The molecule has 3 rings (SSSR count). The lowest BCUT2D eigenvalue weighted by atomic mass is 10.2. The number of nitrogens with zero attached hydrogens (tertiary/aromatic N) is 4. The summed E-state index contributed by atoms with van der Waals surface area (Å²) < 4.78 is 0. The number of aliphatic hydroxyl groups is 1. The molecule has 0 aliphatic carbocycles. The van der Waals surface area contributed by atoms with E-state index in [4.69, 9.17) is 5.11 Å². The highest BCUT2D eigenvalue weighted by molar-refractivity contribution is 7.11. The van der Waals surface area contributed by atoms with Gasteiger partial charge in [-0.25, -0.2) is 9.97 Å². The zero-order valence-corrected chi connectivity index (χ0v) is 15.1. The number of hydrogen-bond acceptors (Lipinski definition) is 6. The summed E-state index contributed by atoms with van der Waals surface area (Å²) in [5.74, 6) is 0.958. The Morgan fingerprint density at radius 3 is 2.76 bits per heavy atom. The molecule has 0 bridgehead atoms. The normalized spacial score (nSPS) is 15.1. The smallest absolute Gasteiger partial charge is 0.246 e. The van der Waals surface area contributed by atoms with E-state index in [2.05, 4.69) is 21.8 Å². The maximum Gasteiger partial charge on any atom is 0.246 e. The molecule has 0 atom stereocenters. The number of aliphatic hydroxyl groups excluding tert-OH is 1. The minimum Gasteiger partial charge on any atom is -0.392 e. The Morgan fingerprint density at radius 1 is 1.28 bits per heavy atom. The molecule has 6 nitrogen and oxygen atoms in total. The molecule has 2 aromatic rings. The zero-order valence-electron chi connectivity index (χ0n) is 14.3. The maximum atomic E-state index is 12.3. The van der Waals surface area contributed by atoms with Crippen molar-refractivity contribution in [3.8, 4) is 0 Å². The summed E-state index contributed by atoms with van der Waals surface area (Å²) in [6.45, 7) is 5.01. The molecule has 1 fully saturated rings. The highest BCUT2D eigenvalue weighted by atomic mass is 32.1. The number of thiophene rings is 1. The molecular weight excluding hydrogens is 336 g/mol. The third-order valence-corrected chi connectivity index (χ3v) is 5.18. The number of carbonyl (C=O) groups is 1. The lowest BCUT2D eigenvalue weighted by molar-refractivity contribution is -0.126. The molecule has 0 radical (unpaired) electrons. The second kappa shape index (κ2) is 8.22. The Labute approximate surface area is 151 Å². The number of piperazine rings is 1. The van der Waals surface area contributed by atoms with Crippen molar-refractivity contribution in [2.75, 3.05) is 31.1 Å². The number of amides is 1.